The Hall–Kier alpha value is -0.625. The minimum absolute atomic E-state index is 0.0347. The molecule has 6 nitrogen and oxygen atoms in total. The summed E-state index contributed by atoms with van der Waals surface area (Å²) < 4.78 is 0. The molecule has 2 atom stereocenters. The van der Waals surface area contributed by atoms with E-state index in [1.165, 1.54) is 0 Å². The summed E-state index contributed by atoms with van der Waals surface area (Å²) in [7, 11) is -1.42. The maximum absolute atomic E-state index is 11.9. The molecule has 0 unspecified atom stereocenters. The van der Waals surface area contributed by atoms with Gasteiger partial charge in [-0.25, -0.2) is 0 Å². The van der Waals surface area contributed by atoms with E-state index in [1.807, 2.05) is 0 Å². The van der Waals surface area contributed by atoms with Crippen LogP contribution in [0.1, 0.15) is 19.3 Å². The highest BCUT2D eigenvalue weighted by molar-refractivity contribution is 6.43. The molecule has 0 aromatic carbocycles. The molecule has 96 valence electrons. The van der Waals surface area contributed by atoms with Crippen LogP contribution in [-0.4, -0.2) is 66.1 Å². The maximum atomic E-state index is 11.9. The summed E-state index contributed by atoms with van der Waals surface area (Å²) >= 11 is 0. The van der Waals surface area contributed by atoms with Crippen molar-refractivity contribution in [3.05, 3.63) is 0 Å². The average Bonchev–Trinajstić information content (AvgIpc) is 2.96. The lowest BCUT2D eigenvalue weighted by Gasteiger charge is -2.24. The van der Waals surface area contributed by atoms with Gasteiger partial charge in [0.15, 0.2) is 0 Å². The third-order valence-electron chi connectivity index (χ3n) is 3.57. The number of carbonyl (C=O) groups is 1. The second kappa shape index (κ2) is 5.81. The summed E-state index contributed by atoms with van der Waals surface area (Å²) in [6.45, 7) is 2.81. The Morgan fingerprint density at radius 3 is 2.94 bits per heavy atom. The summed E-state index contributed by atoms with van der Waals surface area (Å²) in [5.74, 6) is -0.460. The van der Waals surface area contributed by atoms with E-state index in [9.17, 15) is 14.8 Å². The fraction of sp³-hybridized carbons (Fsp3) is 0.900. The molecule has 0 spiro atoms. The predicted octanol–water partition coefficient (Wildman–Crippen LogP) is -2.06. The van der Waals surface area contributed by atoms with Crippen LogP contribution in [-0.2, 0) is 4.79 Å². The van der Waals surface area contributed by atoms with Gasteiger partial charge in [-0.2, -0.15) is 0 Å². The predicted molar refractivity (Wildman–Crippen MR) is 64.2 cm³/mol. The molecule has 4 N–H and O–H groups in total. The first-order valence-electron chi connectivity index (χ1n) is 6.28. The van der Waals surface area contributed by atoms with Gasteiger partial charge in [-0.3, -0.25) is 4.79 Å². The molecule has 2 rings (SSSR count). The van der Waals surface area contributed by atoms with Crippen molar-refractivity contribution in [1.82, 2.24) is 15.5 Å². The lowest BCUT2D eigenvalue weighted by atomic mass is 9.78. The van der Waals surface area contributed by atoms with E-state index in [4.69, 9.17) is 0 Å². The first kappa shape index (κ1) is 12.8. The van der Waals surface area contributed by atoms with E-state index in [1.54, 1.807) is 4.90 Å². The van der Waals surface area contributed by atoms with Crippen molar-refractivity contribution in [2.24, 2.45) is 0 Å². The lowest BCUT2D eigenvalue weighted by Crippen LogP contribution is -2.49. The molecule has 1 amide bonds. The monoisotopic (exact) mass is 241 g/mol. The van der Waals surface area contributed by atoms with Crippen LogP contribution in [0.2, 0.25) is 0 Å². The molecule has 2 saturated heterocycles. The fourth-order valence-corrected chi connectivity index (χ4v) is 2.57. The fourth-order valence-electron chi connectivity index (χ4n) is 2.57. The molecular weight excluding hydrogens is 221 g/mol. The van der Waals surface area contributed by atoms with Crippen molar-refractivity contribution in [2.45, 2.75) is 31.2 Å². The highest BCUT2D eigenvalue weighted by Gasteiger charge is 2.36. The second-order valence-electron chi connectivity index (χ2n) is 4.78. The largest absolute Gasteiger partial charge is 0.475 e. The molecular formula is C10H20BN3O3. The normalized spacial score (nSPS) is 28.7. The van der Waals surface area contributed by atoms with Gasteiger partial charge < -0.3 is 25.6 Å². The van der Waals surface area contributed by atoms with Crippen LogP contribution in [0.3, 0.4) is 0 Å². The van der Waals surface area contributed by atoms with Gasteiger partial charge in [-0.05, 0) is 25.8 Å². The molecule has 0 bridgehead atoms. The van der Waals surface area contributed by atoms with E-state index in [2.05, 4.69) is 10.6 Å². The Morgan fingerprint density at radius 1 is 1.47 bits per heavy atom. The number of amides is 1. The zero-order chi connectivity index (χ0) is 12.3. The van der Waals surface area contributed by atoms with Crippen LogP contribution in [0.15, 0.2) is 0 Å². The zero-order valence-electron chi connectivity index (χ0n) is 9.93. The standard InChI is InChI=1S/C10H20BN3O3/c15-10(7-13-8-3-4-12-6-8)14-5-1-2-9(14)11(16)17/h8-9,12-13,16-17H,1-7H2/t8-,9-/m0/s1. The number of likely N-dealkylation sites (tertiary alicyclic amines) is 1. The topological polar surface area (TPSA) is 84.8 Å². The number of rotatable bonds is 4. The molecule has 2 aliphatic rings. The second-order valence-corrected chi connectivity index (χ2v) is 4.78. The molecule has 0 aromatic rings. The van der Waals surface area contributed by atoms with E-state index in [-0.39, 0.29) is 12.5 Å². The summed E-state index contributed by atoms with van der Waals surface area (Å²) in [5.41, 5.74) is 0. The number of nitrogens with one attached hydrogen (secondary N) is 2. The van der Waals surface area contributed by atoms with Crippen molar-refractivity contribution in [3.63, 3.8) is 0 Å². The van der Waals surface area contributed by atoms with Crippen molar-refractivity contribution < 1.29 is 14.8 Å². The Labute approximate surface area is 102 Å². The summed E-state index contributed by atoms with van der Waals surface area (Å²) in [5, 5.41) is 24.8. The van der Waals surface area contributed by atoms with Crippen molar-refractivity contribution in [3.8, 4) is 0 Å². The van der Waals surface area contributed by atoms with Gasteiger partial charge in [0.2, 0.25) is 5.91 Å². The summed E-state index contributed by atoms with van der Waals surface area (Å²) in [6, 6.07) is 0.360. The van der Waals surface area contributed by atoms with E-state index < -0.39 is 13.1 Å². The van der Waals surface area contributed by atoms with Crippen LogP contribution in [0.25, 0.3) is 0 Å². The number of hydrogen-bond acceptors (Lipinski definition) is 5. The number of hydrogen-bond donors (Lipinski definition) is 4. The Bertz CT molecular complexity index is 272. The number of nitrogens with zero attached hydrogens (tertiary/aromatic N) is 1. The molecule has 2 fully saturated rings. The molecule has 2 aliphatic heterocycles. The van der Waals surface area contributed by atoms with Crippen LogP contribution < -0.4 is 10.6 Å². The van der Waals surface area contributed by atoms with Gasteiger partial charge in [0.05, 0.1) is 12.5 Å². The zero-order valence-corrected chi connectivity index (χ0v) is 9.93. The minimum atomic E-state index is -1.42. The van der Waals surface area contributed by atoms with Gasteiger partial charge >= 0.3 is 7.12 Å². The SMILES string of the molecule is O=C(CN[C@H]1CCNC1)N1CCC[C@H]1B(O)O. The quantitative estimate of drug-likeness (QED) is 0.425. The lowest BCUT2D eigenvalue weighted by molar-refractivity contribution is -0.130. The summed E-state index contributed by atoms with van der Waals surface area (Å²) in [6.07, 6.45) is 2.56. The Morgan fingerprint density at radius 2 is 2.29 bits per heavy atom. The molecule has 17 heavy (non-hydrogen) atoms. The van der Waals surface area contributed by atoms with Gasteiger partial charge in [-0.15, -0.1) is 0 Å². The molecule has 0 aliphatic carbocycles. The molecule has 0 radical (unpaired) electrons. The highest BCUT2D eigenvalue weighted by atomic mass is 16.4. The van der Waals surface area contributed by atoms with Crippen LogP contribution in [0.4, 0.5) is 0 Å². The minimum Gasteiger partial charge on any atom is -0.426 e. The summed E-state index contributed by atoms with van der Waals surface area (Å²) in [4.78, 5) is 13.5. The van der Waals surface area contributed by atoms with Gasteiger partial charge in [0, 0.05) is 19.1 Å². The third-order valence-corrected chi connectivity index (χ3v) is 3.57. The average molecular weight is 241 g/mol. The van der Waals surface area contributed by atoms with Gasteiger partial charge in [0.1, 0.15) is 0 Å². The first-order chi connectivity index (χ1) is 8.18. The third kappa shape index (κ3) is 3.19. The maximum Gasteiger partial charge on any atom is 0.475 e. The van der Waals surface area contributed by atoms with Crippen LogP contribution >= 0.6 is 0 Å². The molecule has 0 saturated carbocycles. The Kier molecular flexibility index (Phi) is 4.39. The van der Waals surface area contributed by atoms with Crippen molar-refractivity contribution in [1.29, 1.82) is 0 Å². The van der Waals surface area contributed by atoms with Crippen LogP contribution in [0, 0.1) is 0 Å². The Balaban J connectivity index is 1.78. The molecule has 0 aromatic heterocycles. The van der Waals surface area contributed by atoms with Crippen molar-refractivity contribution >= 4 is 13.0 Å². The van der Waals surface area contributed by atoms with Gasteiger partial charge in [0.25, 0.3) is 0 Å². The van der Waals surface area contributed by atoms with Crippen LogP contribution in [0.5, 0.6) is 0 Å². The van der Waals surface area contributed by atoms with Gasteiger partial charge in [-0.1, -0.05) is 0 Å². The van der Waals surface area contributed by atoms with E-state index in [0.717, 1.165) is 25.9 Å². The van der Waals surface area contributed by atoms with E-state index >= 15 is 0 Å². The first-order valence-corrected chi connectivity index (χ1v) is 6.28. The molecule has 2 heterocycles. The van der Waals surface area contributed by atoms with Crippen molar-refractivity contribution in [2.75, 3.05) is 26.2 Å². The molecule has 7 heteroatoms. The highest BCUT2D eigenvalue weighted by Crippen LogP contribution is 2.17. The smallest absolute Gasteiger partial charge is 0.426 e. The van der Waals surface area contributed by atoms with E-state index in [0.29, 0.717) is 19.0 Å². The number of carbonyl (C=O) groups excluding carboxylic acids is 1.